The Morgan fingerprint density at radius 1 is 1.21 bits per heavy atom. The third-order valence-electron chi connectivity index (χ3n) is 2.59. The molecule has 0 aliphatic heterocycles. The van der Waals surface area contributed by atoms with Crippen molar-refractivity contribution in [2.75, 3.05) is 20.2 Å². The molecule has 0 aliphatic rings. The molecule has 0 aromatic heterocycles. The predicted molar refractivity (Wildman–Crippen MR) is 62.6 cm³/mol. The van der Waals surface area contributed by atoms with Gasteiger partial charge in [0.25, 0.3) is 0 Å². The van der Waals surface area contributed by atoms with Crippen molar-refractivity contribution in [2.45, 2.75) is 47.1 Å². The molecule has 0 radical (unpaired) electrons. The van der Waals surface area contributed by atoms with Crippen LogP contribution in [0.5, 0.6) is 0 Å². The Labute approximate surface area is 89.4 Å². The molecular formula is C12H27NO. The largest absolute Gasteiger partial charge is 0.379 e. The van der Waals surface area contributed by atoms with Gasteiger partial charge in [0.2, 0.25) is 0 Å². The summed E-state index contributed by atoms with van der Waals surface area (Å²) in [6.07, 6.45) is 1.49. The highest BCUT2D eigenvalue weighted by Gasteiger charge is 2.23. The number of hydrogen-bond acceptors (Lipinski definition) is 2. The van der Waals surface area contributed by atoms with Crippen LogP contribution in [0.1, 0.15) is 41.0 Å². The molecule has 0 amide bonds. The lowest BCUT2D eigenvalue weighted by atomic mass is 9.79. The molecule has 0 aromatic carbocycles. The summed E-state index contributed by atoms with van der Waals surface area (Å²) in [4.78, 5) is 0. The van der Waals surface area contributed by atoms with E-state index in [1.54, 1.807) is 0 Å². The summed E-state index contributed by atoms with van der Waals surface area (Å²) in [6.45, 7) is 13.0. The molecule has 0 spiro atoms. The van der Waals surface area contributed by atoms with Crippen molar-refractivity contribution < 1.29 is 4.74 Å². The molecular weight excluding hydrogens is 174 g/mol. The third-order valence-corrected chi connectivity index (χ3v) is 2.59. The maximum atomic E-state index is 5.59. The summed E-state index contributed by atoms with van der Waals surface area (Å²) in [5, 5.41) is 3.26. The molecule has 14 heavy (non-hydrogen) atoms. The van der Waals surface area contributed by atoms with Gasteiger partial charge in [0, 0.05) is 6.61 Å². The lowest BCUT2D eigenvalue weighted by Crippen LogP contribution is -2.31. The van der Waals surface area contributed by atoms with Crippen molar-refractivity contribution >= 4 is 0 Å². The van der Waals surface area contributed by atoms with Gasteiger partial charge in [-0.25, -0.2) is 0 Å². The predicted octanol–water partition coefficient (Wildman–Crippen LogP) is 2.68. The van der Waals surface area contributed by atoms with E-state index in [9.17, 15) is 0 Å². The molecule has 0 bridgehead atoms. The van der Waals surface area contributed by atoms with Crippen LogP contribution >= 0.6 is 0 Å². The van der Waals surface area contributed by atoms with Gasteiger partial charge in [-0.2, -0.15) is 0 Å². The van der Waals surface area contributed by atoms with Gasteiger partial charge in [0.15, 0.2) is 0 Å². The van der Waals surface area contributed by atoms with Crippen molar-refractivity contribution in [3.63, 3.8) is 0 Å². The standard InChI is InChI=1S/C12H27NO/c1-10(2)14-8-7-11(9-13-6)12(3,4)5/h10-11,13H,7-9H2,1-6H3. The van der Waals surface area contributed by atoms with E-state index in [2.05, 4.69) is 39.9 Å². The Kier molecular flexibility index (Phi) is 6.38. The van der Waals surface area contributed by atoms with Gasteiger partial charge in [-0.3, -0.25) is 0 Å². The lowest BCUT2D eigenvalue weighted by molar-refractivity contribution is 0.0550. The number of rotatable bonds is 6. The fraction of sp³-hybridized carbons (Fsp3) is 1.00. The van der Waals surface area contributed by atoms with E-state index in [-0.39, 0.29) is 0 Å². The SMILES string of the molecule is CNCC(CCOC(C)C)C(C)(C)C. The molecule has 2 nitrogen and oxygen atoms in total. The Morgan fingerprint density at radius 3 is 2.14 bits per heavy atom. The third kappa shape index (κ3) is 6.39. The molecule has 0 saturated heterocycles. The van der Waals surface area contributed by atoms with Crippen LogP contribution in [0.25, 0.3) is 0 Å². The van der Waals surface area contributed by atoms with Gasteiger partial charge in [-0.1, -0.05) is 20.8 Å². The first-order chi connectivity index (χ1) is 6.38. The highest BCUT2D eigenvalue weighted by Crippen LogP contribution is 2.28. The molecule has 86 valence electrons. The van der Waals surface area contributed by atoms with E-state index in [1.165, 1.54) is 0 Å². The van der Waals surface area contributed by atoms with E-state index in [0.29, 0.717) is 17.4 Å². The molecule has 0 aliphatic carbocycles. The van der Waals surface area contributed by atoms with E-state index >= 15 is 0 Å². The van der Waals surface area contributed by atoms with Crippen molar-refractivity contribution in [3.05, 3.63) is 0 Å². The van der Waals surface area contributed by atoms with Crippen molar-refractivity contribution in [3.8, 4) is 0 Å². The molecule has 0 aromatic rings. The second kappa shape index (κ2) is 6.41. The monoisotopic (exact) mass is 201 g/mol. The molecule has 2 heteroatoms. The van der Waals surface area contributed by atoms with E-state index in [0.717, 1.165) is 19.6 Å². The first-order valence-electron chi connectivity index (χ1n) is 5.64. The van der Waals surface area contributed by atoms with Gasteiger partial charge in [-0.15, -0.1) is 0 Å². The van der Waals surface area contributed by atoms with Crippen molar-refractivity contribution in [2.24, 2.45) is 11.3 Å². The second-order valence-corrected chi connectivity index (χ2v) is 5.33. The summed E-state index contributed by atoms with van der Waals surface area (Å²) in [7, 11) is 2.02. The Morgan fingerprint density at radius 2 is 1.79 bits per heavy atom. The van der Waals surface area contributed by atoms with Gasteiger partial charge in [0.1, 0.15) is 0 Å². The lowest BCUT2D eigenvalue weighted by Gasteiger charge is -2.30. The molecule has 0 heterocycles. The van der Waals surface area contributed by atoms with Crippen LogP contribution in [0.3, 0.4) is 0 Å². The van der Waals surface area contributed by atoms with Crippen LogP contribution in [0, 0.1) is 11.3 Å². The smallest absolute Gasteiger partial charge is 0.0518 e. The fourth-order valence-electron chi connectivity index (χ4n) is 1.53. The van der Waals surface area contributed by atoms with E-state index in [4.69, 9.17) is 4.74 Å². The maximum absolute atomic E-state index is 5.59. The zero-order chi connectivity index (χ0) is 11.2. The van der Waals surface area contributed by atoms with E-state index in [1.807, 2.05) is 7.05 Å². The second-order valence-electron chi connectivity index (χ2n) is 5.33. The number of hydrogen-bond donors (Lipinski definition) is 1. The van der Waals surface area contributed by atoms with Crippen molar-refractivity contribution in [1.29, 1.82) is 0 Å². The molecule has 0 saturated carbocycles. The first kappa shape index (κ1) is 13.9. The highest BCUT2D eigenvalue weighted by molar-refractivity contribution is 4.75. The average Bonchev–Trinajstić information content (AvgIpc) is 2.00. The summed E-state index contributed by atoms with van der Waals surface area (Å²) in [6, 6.07) is 0. The highest BCUT2D eigenvalue weighted by atomic mass is 16.5. The Hall–Kier alpha value is -0.0800. The van der Waals surface area contributed by atoms with Gasteiger partial charge in [-0.05, 0) is 45.2 Å². The molecule has 0 fully saturated rings. The quantitative estimate of drug-likeness (QED) is 0.713. The van der Waals surface area contributed by atoms with Crippen LogP contribution in [-0.4, -0.2) is 26.3 Å². The first-order valence-corrected chi connectivity index (χ1v) is 5.64. The molecule has 0 rings (SSSR count). The molecule has 1 N–H and O–H groups in total. The minimum absolute atomic E-state index is 0.352. The molecule has 1 atom stereocenters. The van der Waals surface area contributed by atoms with Crippen LogP contribution in [0.2, 0.25) is 0 Å². The van der Waals surface area contributed by atoms with Crippen LogP contribution in [0.4, 0.5) is 0 Å². The van der Waals surface area contributed by atoms with Gasteiger partial charge in [0.05, 0.1) is 6.10 Å². The van der Waals surface area contributed by atoms with Crippen LogP contribution < -0.4 is 5.32 Å². The zero-order valence-corrected chi connectivity index (χ0v) is 10.7. The molecule has 1 unspecified atom stereocenters. The van der Waals surface area contributed by atoms with Gasteiger partial charge >= 0.3 is 0 Å². The summed E-state index contributed by atoms with van der Waals surface area (Å²) < 4.78 is 5.59. The number of nitrogens with one attached hydrogen (secondary N) is 1. The van der Waals surface area contributed by atoms with Crippen LogP contribution in [-0.2, 0) is 4.74 Å². The zero-order valence-electron chi connectivity index (χ0n) is 10.7. The number of ether oxygens (including phenoxy) is 1. The minimum Gasteiger partial charge on any atom is -0.379 e. The van der Waals surface area contributed by atoms with E-state index < -0.39 is 0 Å². The Bertz CT molecular complexity index is 138. The average molecular weight is 201 g/mol. The summed E-state index contributed by atoms with van der Waals surface area (Å²) in [5.41, 5.74) is 0.364. The topological polar surface area (TPSA) is 21.3 Å². The maximum Gasteiger partial charge on any atom is 0.0518 e. The minimum atomic E-state index is 0.352. The fourth-order valence-corrected chi connectivity index (χ4v) is 1.53. The summed E-state index contributed by atoms with van der Waals surface area (Å²) in [5.74, 6) is 0.686. The van der Waals surface area contributed by atoms with Crippen molar-refractivity contribution in [1.82, 2.24) is 5.32 Å². The summed E-state index contributed by atoms with van der Waals surface area (Å²) >= 11 is 0. The van der Waals surface area contributed by atoms with Crippen LogP contribution in [0.15, 0.2) is 0 Å². The Balaban J connectivity index is 3.86. The van der Waals surface area contributed by atoms with Gasteiger partial charge < -0.3 is 10.1 Å². The normalized spacial score (nSPS) is 14.8.